The predicted molar refractivity (Wildman–Crippen MR) is 99.8 cm³/mol. The minimum atomic E-state index is -1.57. The molecule has 1 aromatic carbocycles. The van der Waals surface area contributed by atoms with E-state index in [0.29, 0.717) is 24.1 Å². The number of hydrogen-bond donors (Lipinski definition) is 5. The van der Waals surface area contributed by atoms with Crippen molar-refractivity contribution in [1.82, 2.24) is 24.8 Å². The Morgan fingerprint density at radius 3 is 2.68 bits per heavy atom. The number of nitrogens with zero attached hydrogens (tertiary/aromatic N) is 4. The number of hydrogen-bond acceptors (Lipinski definition) is 9. The lowest BCUT2D eigenvalue weighted by Crippen LogP contribution is -2.56. The summed E-state index contributed by atoms with van der Waals surface area (Å²) in [6, 6.07) is 9.81. The Kier molecular flexibility index (Phi) is 4.96. The van der Waals surface area contributed by atoms with Crippen LogP contribution in [0.3, 0.4) is 0 Å². The number of rotatable bonds is 6. The Bertz CT molecular complexity index is 952. The second-order valence-corrected chi connectivity index (χ2v) is 6.68. The SMILES string of the molecule is Nc1ncnc2c1ncn2[C@]1(NCCc2ccccc2)O[C@H](CO)[C@@H](O)[C@H]1O. The molecule has 0 aliphatic carbocycles. The van der Waals surface area contributed by atoms with E-state index in [1.165, 1.54) is 17.2 Å². The Labute approximate surface area is 160 Å². The number of nitrogen functional groups attached to an aromatic ring is 1. The first-order valence-corrected chi connectivity index (χ1v) is 8.94. The summed E-state index contributed by atoms with van der Waals surface area (Å²) in [5.74, 6) is -1.38. The molecule has 1 aliphatic rings. The van der Waals surface area contributed by atoms with Gasteiger partial charge >= 0.3 is 0 Å². The molecule has 4 atom stereocenters. The lowest BCUT2D eigenvalue weighted by Gasteiger charge is -2.34. The maximum atomic E-state index is 10.8. The zero-order chi connectivity index (χ0) is 19.7. The topological polar surface area (TPSA) is 152 Å². The second kappa shape index (κ2) is 7.41. The average Bonchev–Trinajstić information content (AvgIpc) is 3.25. The zero-order valence-electron chi connectivity index (χ0n) is 15.0. The van der Waals surface area contributed by atoms with E-state index in [0.717, 1.165) is 5.56 Å². The van der Waals surface area contributed by atoms with E-state index in [2.05, 4.69) is 20.3 Å². The monoisotopic (exact) mass is 386 g/mol. The van der Waals surface area contributed by atoms with Gasteiger partial charge in [-0.1, -0.05) is 30.3 Å². The smallest absolute Gasteiger partial charge is 0.234 e. The van der Waals surface area contributed by atoms with Gasteiger partial charge in [0.1, 0.15) is 36.5 Å². The fraction of sp³-hybridized carbons (Fsp3) is 0.389. The molecule has 3 aromatic rings. The van der Waals surface area contributed by atoms with Crippen molar-refractivity contribution in [2.75, 3.05) is 18.9 Å². The van der Waals surface area contributed by atoms with E-state index in [1.807, 2.05) is 30.3 Å². The fourth-order valence-electron chi connectivity index (χ4n) is 3.51. The number of nitrogens with two attached hydrogens (primary N) is 1. The molecule has 0 radical (unpaired) electrons. The highest BCUT2D eigenvalue weighted by atomic mass is 16.6. The van der Waals surface area contributed by atoms with Gasteiger partial charge in [-0.2, -0.15) is 0 Å². The molecular formula is C18H22N6O4. The Hall–Kier alpha value is -2.63. The van der Waals surface area contributed by atoms with Crippen molar-refractivity contribution < 1.29 is 20.1 Å². The summed E-state index contributed by atoms with van der Waals surface area (Å²) < 4.78 is 7.39. The number of imidazole rings is 1. The normalized spacial score (nSPS) is 27.5. The van der Waals surface area contributed by atoms with Crippen molar-refractivity contribution in [2.24, 2.45) is 0 Å². The summed E-state index contributed by atoms with van der Waals surface area (Å²) in [6.45, 7) is -0.0315. The van der Waals surface area contributed by atoms with Gasteiger partial charge in [0.05, 0.1) is 6.61 Å². The molecule has 28 heavy (non-hydrogen) atoms. The number of aliphatic hydroxyl groups excluding tert-OH is 3. The van der Waals surface area contributed by atoms with Crippen LogP contribution in [0.5, 0.6) is 0 Å². The van der Waals surface area contributed by atoms with Crippen LogP contribution in [0.15, 0.2) is 43.0 Å². The molecular weight excluding hydrogens is 364 g/mol. The Balaban J connectivity index is 1.70. The van der Waals surface area contributed by atoms with Gasteiger partial charge in [-0.15, -0.1) is 0 Å². The van der Waals surface area contributed by atoms with Gasteiger partial charge in [0, 0.05) is 6.54 Å². The molecule has 2 aromatic heterocycles. The van der Waals surface area contributed by atoms with Gasteiger partial charge in [0.2, 0.25) is 5.85 Å². The highest BCUT2D eigenvalue weighted by molar-refractivity contribution is 5.81. The molecule has 0 spiro atoms. The molecule has 1 fully saturated rings. The third-order valence-corrected chi connectivity index (χ3v) is 4.97. The van der Waals surface area contributed by atoms with Gasteiger partial charge in [-0.3, -0.25) is 9.88 Å². The summed E-state index contributed by atoms with van der Waals surface area (Å²) in [4.78, 5) is 12.3. The number of benzene rings is 1. The summed E-state index contributed by atoms with van der Waals surface area (Å²) in [5, 5.41) is 33.9. The third kappa shape index (κ3) is 3.01. The van der Waals surface area contributed by atoms with Crippen LogP contribution in [0.1, 0.15) is 5.56 Å². The van der Waals surface area contributed by atoms with Crippen molar-refractivity contribution in [1.29, 1.82) is 0 Å². The quantitative estimate of drug-likeness (QED) is 0.358. The summed E-state index contributed by atoms with van der Waals surface area (Å²) >= 11 is 0. The maximum Gasteiger partial charge on any atom is 0.234 e. The zero-order valence-corrected chi connectivity index (χ0v) is 15.0. The molecule has 10 nitrogen and oxygen atoms in total. The number of nitrogens with one attached hydrogen (secondary N) is 1. The van der Waals surface area contributed by atoms with Crippen molar-refractivity contribution in [3.63, 3.8) is 0 Å². The van der Waals surface area contributed by atoms with Gasteiger partial charge in [0.15, 0.2) is 11.5 Å². The Morgan fingerprint density at radius 2 is 1.96 bits per heavy atom. The summed E-state index contributed by atoms with van der Waals surface area (Å²) in [7, 11) is 0. The first-order chi connectivity index (χ1) is 13.6. The predicted octanol–water partition coefficient (Wildman–Crippen LogP) is -1.04. The summed E-state index contributed by atoms with van der Waals surface area (Å²) in [6.07, 6.45) is -0.298. The third-order valence-electron chi connectivity index (χ3n) is 4.97. The summed E-state index contributed by atoms with van der Waals surface area (Å²) in [5.41, 5.74) is 7.65. The van der Waals surface area contributed by atoms with Crippen LogP contribution in [0.4, 0.5) is 5.82 Å². The Morgan fingerprint density at radius 1 is 1.18 bits per heavy atom. The number of fused-ring (bicyclic) bond motifs is 1. The maximum absolute atomic E-state index is 10.8. The minimum Gasteiger partial charge on any atom is -0.394 e. The molecule has 4 rings (SSSR count). The van der Waals surface area contributed by atoms with Crippen molar-refractivity contribution >= 4 is 17.0 Å². The average molecular weight is 386 g/mol. The highest BCUT2D eigenvalue weighted by Gasteiger charge is 2.56. The molecule has 10 heteroatoms. The van der Waals surface area contributed by atoms with Crippen molar-refractivity contribution in [3.05, 3.63) is 48.5 Å². The molecule has 0 unspecified atom stereocenters. The van der Waals surface area contributed by atoms with Crippen LogP contribution in [0, 0.1) is 0 Å². The fourth-order valence-corrected chi connectivity index (χ4v) is 3.51. The molecule has 0 saturated carbocycles. The molecule has 1 saturated heterocycles. The van der Waals surface area contributed by atoms with Crippen molar-refractivity contribution in [3.8, 4) is 0 Å². The second-order valence-electron chi connectivity index (χ2n) is 6.68. The van der Waals surface area contributed by atoms with Crippen LogP contribution in [-0.2, 0) is 17.0 Å². The molecule has 148 valence electrons. The number of aliphatic hydroxyl groups is 3. The van der Waals surface area contributed by atoms with Crippen LogP contribution in [-0.4, -0.2) is 66.3 Å². The van der Waals surface area contributed by atoms with E-state index in [-0.39, 0.29) is 5.82 Å². The lowest BCUT2D eigenvalue weighted by atomic mass is 10.1. The van der Waals surface area contributed by atoms with E-state index >= 15 is 0 Å². The van der Waals surface area contributed by atoms with E-state index in [4.69, 9.17) is 10.5 Å². The number of ether oxygens (including phenoxy) is 1. The largest absolute Gasteiger partial charge is 0.394 e. The standard InChI is InChI=1S/C18H22N6O4/c19-16-13-17(21-9-20-16)24(10-22-13)18(15(27)14(26)12(8-25)28-18)23-7-6-11-4-2-1-3-5-11/h1-5,9-10,12,14-15,23,25-27H,6-8H2,(H2,19,20,21)/t12-,14-,15-,18+/m1/s1. The van der Waals surface area contributed by atoms with Crippen molar-refractivity contribution in [2.45, 2.75) is 30.6 Å². The van der Waals surface area contributed by atoms with E-state index in [1.54, 1.807) is 0 Å². The number of aromatic nitrogens is 4. The highest BCUT2D eigenvalue weighted by Crippen LogP contribution is 2.35. The van der Waals surface area contributed by atoms with Crippen LogP contribution in [0.25, 0.3) is 11.2 Å². The van der Waals surface area contributed by atoms with Gasteiger partial charge in [-0.05, 0) is 12.0 Å². The lowest BCUT2D eigenvalue weighted by molar-refractivity contribution is -0.167. The first kappa shape index (κ1) is 18.7. The molecule has 0 amide bonds. The van der Waals surface area contributed by atoms with Gasteiger partial charge in [0.25, 0.3) is 0 Å². The van der Waals surface area contributed by atoms with Crippen LogP contribution in [0.2, 0.25) is 0 Å². The molecule has 3 heterocycles. The first-order valence-electron chi connectivity index (χ1n) is 8.94. The van der Waals surface area contributed by atoms with Crippen LogP contribution >= 0.6 is 0 Å². The van der Waals surface area contributed by atoms with Gasteiger partial charge in [-0.25, -0.2) is 15.0 Å². The number of anilines is 1. The molecule has 0 bridgehead atoms. The van der Waals surface area contributed by atoms with E-state index < -0.39 is 30.8 Å². The van der Waals surface area contributed by atoms with Gasteiger partial charge < -0.3 is 25.8 Å². The molecule has 6 N–H and O–H groups in total. The van der Waals surface area contributed by atoms with Crippen LogP contribution < -0.4 is 11.1 Å². The minimum absolute atomic E-state index is 0.190. The molecule has 1 aliphatic heterocycles. The van der Waals surface area contributed by atoms with E-state index in [9.17, 15) is 15.3 Å².